The van der Waals surface area contributed by atoms with Crippen molar-refractivity contribution in [2.24, 2.45) is 0 Å². The summed E-state index contributed by atoms with van der Waals surface area (Å²) in [6, 6.07) is 13.5. The number of para-hydroxylation sites is 1. The predicted molar refractivity (Wildman–Crippen MR) is 110 cm³/mol. The molecule has 5 nitrogen and oxygen atoms in total. The van der Waals surface area contributed by atoms with Crippen molar-refractivity contribution in [1.82, 2.24) is 4.98 Å². The zero-order valence-electron chi connectivity index (χ0n) is 14.6. The van der Waals surface area contributed by atoms with Crippen LogP contribution in [0.5, 0.6) is 0 Å². The summed E-state index contributed by atoms with van der Waals surface area (Å²) < 4.78 is 11.9. The zero-order chi connectivity index (χ0) is 19.1. The molecule has 1 unspecified atom stereocenters. The van der Waals surface area contributed by atoms with Gasteiger partial charge in [-0.2, -0.15) is 0 Å². The quantitative estimate of drug-likeness (QED) is 0.649. The summed E-state index contributed by atoms with van der Waals surface area (Å²) in [4.78, 5) is 17.4. The molecule has 1 N–H and O–H groups in total. The molecule has 1 amide bonds. The number of thiazole rings is 1. The monoisotopic (exact) mass is 410 g/mol. The lowest BCUT2D eigenvalue weighted by Gasteiger charge is -2.15. The Kier molecular flexibility index (Phi) is 4.39. The van der Waals surface area contributed by atoms with Crippen LogP contribution in [0.4, 0.5) is 5.69 Å². The lowest BCUT2D eigenvalue weighted by molar-refractivity contribution is -0.112. The van der Waals surface area contributed by atoms with Gasteiger partial charge in [0.2, 0.25) is 0 Å². The predicted octanol–water partition coefficient (Wildman–Crippen LogP) is 5.14. The average Bonchev–Trinajstić information content (AvgIpc) is 3.35. The number of halogens is 1. The van der Waals surface area contributed by atoms with E-state index in [0.29, 0.717) is 28.5 Å². The number of anilines is 1. The van der Waals surface area contributed by atoms with Gasteiger partial charge in [-0.15, -0.1) is 11.3 Å². The number of hydrogen-bond donors (Lipinski definition) is 1. The second-order valence-electron chi connectivity index (χ2n) is 6.49. The number of carbonyl (C=O) groups is 1. The molecule has 1 saturated heterocycles. The second-order valence-corrected chi connectivity index (χ2v) is 7.93. The molecular weight excluding hydrogens is 396 g/mol. The first kappa shape index (κ1) is 17.4. The van der Waals surface area contributed by atoms with Crippen LogP contribution in [0.1, 0.15) is 6.42 Å². The Morgan fingerprint density at radius 1 is 1.25 bits per heavy atom. The van der Waals surface area contributed by atoms with Crippen LogP contribution in [0.25, 0.3) is 20.8 Å². The van der Waals surface area contributed by atoms with E-state index in [2.05, 4.69) is 10.3 Å². The lowest BCUT2D eigenvalue weighted by atomic mass is 10.0. The normalized spacial score (nSPS) is 18.2. The minimum atomic E-state index is -0.232. The number of ether oxygens (including phenoxy) is 2. The maximum absolute atomic E-state index is 12.7. The molecule has 0 spiro atoms. The molecule has 28 heavy (non-hydrogen) atoms. The van der Waals surface area contributed by atoms with E-state index in [1.165, 1.54) is 0 Å². The Morgan fingerprint density at radius 2 is 2.14 bits per heavy atom. The standard InChI is InChI=1S/C21H15ClN2O3S/c22-14-7-5-13(21-24-15-3-1-2-4-19(15)28-21)9-16(14)23-20(25)12-6-8-17-18(10-12)27-11-26-17/h1-7,9-10,17H,8,11H2,(H,23,25). The molecule has 1 aromatic heterocycles. The van der Waals surface area contributed by atoms with E-state index in [9.17, 15) is 4.79 Å². The van der Waals surface area contributed by atoms with Gasteiger partial charge in [0, 0.05) is 17.6 Å². The average molecular weight is 411 g/mol. The minimum Gasteiger partial charge on any atom is -0.469 e. The Balaban J connectivity index is 1.42. The third kappa shape index (κ3) is 3.20. The molecule has 1 atom stereocenters. The fourth-order valence-electron chi connectivity index (χ4n) is 3.23. The molecule has 2 aliphatic rings. The highest BCUT2D eigenvalue weighted by Crippen LogP contribution is 2.34. The van der Waals surface area contributed by atoms with Crippen molar-refractivity contribution in [3.63, 3.8) is 0 Å². The van der Waals surface area contributed by atoms with Gasteiger partial charge in [0.1, 0.15) is 16.9 Å². The molecule has 2 heterocycles. The topological polar surface area (TPSA) is 60.5 Å². The van der Waals surface area contributed by atoms with Gasteiger partial charge in [-0.05, 0) is 30.3 Å². The SMILES string of the molecule is O=C(Nc1cc(-c2nc3ccccc3s2)ccc1Cl)C1=CCC2OCOC2=C1. The van der Waals surface area contributed by atoms with Crippen molar-refractivity contribution in [2.45, 2.75) is 12.5 Å². The summed E-state index contributed by atoms with van der Waals surface area (Å²) in [5.41, 5.74) is 2.95. The fourth-order valence-corrected chi connectivity index (χ4v) is 4.35. The molecule has 1 aliphatic carbocycles. The van der Waals surface area contributed by atoms with Gasteiger partial charge >= 0.3 is 0 Å². The number of fused-ring (bicyclic) bond motifs is 2. The molecule has 1 fully saturated rings. The molecule has 140 valence electrons. The zero-order valence-corrected chi connectivity index (χ0v) is 16.2. The van der Waals surface area contributed by atoms with Gasteiger partial charge in [0.25, 0.3) is 5.91 Å². The summed E-state index contributed by atoms with van der Waals surface area (Å²) in [7, 11) is 0. The molecule has 0 radical (unpaired) electrons. The Labute approximate surface area is 170 Å². The number of aromatic nitrogens is 1. The summed E-state index contributed by atoms with van der Waals surface area (Å²) >= 11 is 7.93. The van der Waals surface area contributed by atoms with E-state index >= 15 is 0 Å². The van der Waals surface area contributed by atoms with Crippen molar-refractivity contribution in [3.8, 4) is 10.6 Å². The van der Waals surface area contributed by atoms with E-state index < -0.39 is 0 Å². The highest BCUT2D eigenvalue weighted by atomic mass is 35.5. The van der Waals surface area contributed by atoms with Gasteiger partial charge in [-0.25, -0.2) is 4.98 Å². The summed E-state index contributed by atoms with van der Waals surface area (Å²) in [6.07, 6.45) is 4.11. The molecule has 2 aromatic carbocycles. The number of amides is 1. The molecule has 0 saturated carbocycles. The number of carbonyl (C=O) groups excluding carboxylic acids is 1. The van der Waals surface area contributed by atoms with E-state index in [-0.39, 0.29) is 18.8 Å². The van der Waals surface area contributed by atoms with Crippen LogP contribution >= 0.6 is 22.9 Å². The maximum atomic E-state index is 12.7. The third-order valence-corrected chi connectivity index (χ3v) is 6.09. The van der Waals surface area contributed by atoms with Crippen molar-refractivity contribution < 1.29 is 14.3 Å². The summed E-state index contributed by atoms with van der Waals surface area (Å²) in [5.74, 6) is 0.465. The highest BCUT2D eigenvalue weighted by molar-refractivity contribution is 7.21. The van der Waals surface area contributed by atoms with E-state index in [0.717, 1.165) is 20.8 Å². The molecule has 0 bridgehead atoms. The number of nitrogens with one attached hydrogen (secondary N) is 1. The Morgan fingerprint density at radius 3 is 3.04 bits per heavy atom. The van der Waals surface area contributed by atoms with Gasteiger partial charge < -0.3 is 14.8 Å². The van der Waals surface area contributed by atoms with Crippen LogP contribution < -0.4 is 5.32 Å². The Hall–Kier alpha value is -2.67. The molecule has 5 rings (SSSR count). The number of nitrogens with zero attached hydrogens (tertiary/aromatic N) is 1. The molecule has 7 heteroatoms. The summed E-state index contributed by atoms with van der Waals surface area (Å²) in [5, 5.41) is 4.25. The largest absolute Gasteiger partial charge is 0.469 e. The van der Waals surface area contributed by atoms with E-state index in [1.54, 1.807) is 23.5 Å². The van der Waals surface area contributed by atoms with Crippen LogP contribution in [-0.4, -0.2) is 23.8 Å². The Bertz CT molecular complexity index is 1120. The minimum absolute atomic E-state index is 0.0810. The van der Waals surface area contributed by atoms with Gasteiger partial charge in [0.05, 0.1) is 20.9 Å². The van der Waals surface area contributed by atoms with E-state index in [1.807, 2.05) is 42.5 Å². The first-order valence-electron chi connectivity index (χ1n) is 8.80. The number of hydrogen-bond acceptors (Lipinski definition) is 5. The van der Waals surface area contributed by atoms with Crippen molar-refractivity contribution in [2.75, 3.05) is 12.1 Å². The number of benzene rings is 2. The van der Waals surface area contributed by atoms with Crippen molar-refractivity contribution in [1.29, 1.82) is 0 Å². The van der Waals surface area contributed by atoms with Crippen LogP contribution in [0.15, 0.2) is 65.9 Å². The van der Waals surface area contributed by atoms with Crippen molar-refractivity contribution in [3.05, 3.63) is 71.0 Å². The van der Waals surface area contributed by atoms with Crippen LogP contribution in [0, 0.1) is 0 Å². The summed E-state index contributed by atoms with van der Waals surface area (Å²) in [6.45, 7) is 0.231. The first-order valence-corrected chi connectivity index (χ1v) is 10.00. The fraction of sp³-hybridized carbons (Fsp3) is 0.143. The van der Waals surface area contributed by atoms with Gasteiger partial charge in [-0.3, -0.25) is 4.79 Å². The lowest BCUT2D eigenvalue weighted by Crippen LogP contribution is -2.18. The first-order chi connectivity index (χ1) is 13.7. The molecule has 3 aromatic rings. The molecule has 1 aliphatic heterocycles. The van der Waals surface area contributed by atoms with Crippen LogP contribution in [-0.2, 0) is 14.3 Å². The van der Waals surface area contributed by atoms with Crippen LogP contribution in [0.2, 0.25) is 5.02 Å². The van der Waals surface area contributed by atoms with Crippen LogP contribution in [0.3, 0.4) is 0 Å². The van der Waals surface area contributed by atoms with Crippen molar-refractivity contribution >= 4 is 44.7 Å². The smallest absolute Gasteiger partial charge is 0.255 e. The molecular formula is C21H15ClN2O3S. The maximum Gasteiger partial charge on any atom is 0.255 e. The van der Waals surface area contributed by atoms with Gasteiger partial charge in [-0.1, -0.05) is 35.9 Å². The second kappa shape index (κ2) is 7.05. The van der Waals surface area contributed by atoms with E-state index in [4.69, 9.17) is 21.1 Å². The number of rotatable bonds is 3. The third-order valence-electron chi connectivity index (χ3n) is 4.68. The van der Waals surface area contributed by atoms with Gasteiger partial charge in [0.15, 0.2) is 6.79 Å². The highest BCUT2D eigenvalue weighted by Gasteiger charge is 2.27.